The minimum Gasteiger partial charge on any atom is -0.361 e. The Morgan fingerprint density at radius 2 is 2.00 bits per heavy atom. The number of halogens is 1. The van der Waals surface area contributed by atoms with Gasteiger partial charge in [0.1, 0.15) is 5.82 Å². The van der Waals surface area contributed by atoms with Crippen molar-refractivity contribution < 1.29 is 9.18 Å². The zero-order chi connectivity index (χ0) is 20.6. The molecule has 2 unspecified atom stereocenters. The summed E-state index contributed by atoms with van der Waals surface area (Å²) in [5.41, 5.74) is 1.96. The number of piperazine rings is 1. The summed E-state index contributed by atoms with van der Waals surface area (Å²) in [5.74, 6) is 0.176. The van der Waals surface area contributed by atoms with E-state index < -0.39 is 0 Å². The van der Waals surface area contributed by atoms with Crippen LogP contribution in [0.5, 0.6) is 0 Å². The SMILES string of the molecule is CC(C)(C)NC(=O)N1CCN(C2CC(c3c[nH]c4ccc(F)cc34)CC[N]2)CC1. The molecule has 2 saturated heterocycles. The maximum Gasteiger partial charge on any atom is 0.317 e. The number of fused-ring (bicyclic) bond motifs is 1. The molecule has 2 atom stereocenters. The number of urea groups is 1. The van der Waals surface area contributed by atoms with Gasteiger partial charge >= 0.3 is 6.03 Å². The maximum atomic E-state index is 13.8. The van der Waals surface area contributed by atoms with Gasteiger partial charge in [-0.15, -0.1) is 0 Å². The third kappa shape index (κ3) is 4.56. The fourth-order valence-electron chi connectivity index (χ4n) is 4.45. The van der Waals surface area contributed by atoms with Gasteiger partial charge in [-0.1, -0.05) is 0 Å². The molecule has 157 valence electrons. The molecule has 2 aromatic rings. The predicted molar refractivity (Wildman–Crippen MR) is 112 cm³/mol. The number of H-pyrrole nitrogens is 1. The number of nitrogens with zero attached hydrogens (tertiary/aromatic N) is 3. The Kier molecular flexibility index (Phi) is 5.53. The number of aromatic nitrogens is 1. The summed E-state index contributed by atoms with van der Waals surface area (Å²) in [6, 6.07) is 4.95. The molecule has 1 radical (unpaired) electrons. The van der Waals surface area contributed by atoms with Crippen LogP contribution < -0.4 is 10.6 Å². The highest BCUT2D eigenvalue weighted by Crippen LogP contribution is 2.34. The predicted octanol–water partition coefficient (Wildman–Crippen LogP) is 3.24. The lowest BCUT2D eigenvalue weighted by Gasteiger charge is -2.42. The first kappa shape index (κ1) is 20.2. The molecule has 29 heavy (non-hydrogen) atoms. The van der Waals surface area contributed by atoms with E-state index in [2.05, 4.69) is 15.2 Å². The zero-order valence-electron chi connectivity index (χ0n) is 17.5. The van der Waals surface area contributed by atoms with Gasteiger partial charge in [0, 0.05) is 55.4 Å². The van der Waals surface area contributed by atoms with Crippen molar-refractivity contribution in [1.29, 1.82) is 0 Å². The van der Waals surface area contributed by atoms with E-state index in [-0.39, 0.29) is 23.6 Å². The Hall–Kier alpha value is -2.12. The zero-order valence-corrected chi connectivity index (χ0v) is 17.5. The van der Waals surface area contributed by atoms with Gasteiger partial charge in [0.2, 0.25) is 0 Å². The molecule has 1 aromatic heterocycles. The molecule has 2 N–H and O–H groups in total. The average Bonchev–Trinajstić information content (AvgIpc) is 3.10. The standard InChI is InChI=1S/C22H31FN5O/c1-22(2,3)26-21(29)28-10-8-27(9-11-28)20-12-15(6-7-24-20)18-14-25-19-5-4-16(23)13-17(18)19/h4-5,13-15,20,25H,6-12H2,1-3H3,(H,26,29). The number of rotatable bonds is 2. The van der Waals surface area contributed by atoms with E-state index in [9.17, 15) is 9.18 Å². The first-order valence-corrected chi connectivity index (χ1v) is 10.5. The van der Waals surface area contributed by atoms with Crippen molar-refractivity contribution in [3.8, 4) is 0 Å². The van der Waals surface area contributed by atoms with Crippen LogP contribution in [0.1, 0.15) is 45.1 Å². The Labute approximate surface area is 171 Å². The van der Waals surface area contributed by atoms with E-state index in [4.69, 9.17) is 5.32 Å². The lowest BCUT2D eigenvalue weighted by molar-refractivity contribution is 0.0715. The smallest absolute Gasteiger partial charge is 0.317 e. The van der Waals surface area contributed by atoms with Crippen LogP contribution in [0.4, 0.5) is 9.18 Å². The fourth-order valence-corrected chi connectivity index (χ4v) is 4.45. The Morgan fingerprint density at radius 1 is 1.24 bits per heavy atom. The van der Waals surface area contributed by atoms with Gasteiger partial charge in [0.05, 0.1) is 6.17 Å². The molecule has 0 saturated carbocycles. The van der Waals surface area contributed by atoms with Crippen molar-refractivity contribution in [3.05, 3.63) is 35.8 Å². The van der Waals surface area contributed by atoms with Crippen molar-refractivity contribution in [1.82, 2.24) is 25.4 Å². The average molecular weight is 401 g/mol. The molecule has 0 aliphatic carbocycles. The van der Waals surface area contributed by atoms with E-state index in [0.717, 1.165) is 56.5 Å². The number of benzene rings is 1. The fraction of sp³-hybridized carbons (Fsp3) is 0.591. The molecular formula is C22H31FN5O. The van der Waals surface area contributed by atoms with E-state index in [0.29, 0.717) is 5.92 Å². The van der Waals surface area contributed by atoms with Crippen LogP contribution in [0.3, 0.4) is 0 Å². The van der Waals surface area contributed by atoms with E-state index in [1.165, 1.54) is 11.6 Å². The number of aromatic amines is 1. The van der Waals surface area contributed by atoms with Crippen LogP contribution in [-0.4, -0.2) is 65.2 Å². The quantitative estimate of drug-likeness (QED) is 0.813. The molecule has 2 amide bonds. The Bertz CT molecular complexity index is 866. The van der Waals surface area contributed by atoms with Crippen LogP contribution in [0.25, 0.3) is 10.9 Å². The van der Waals surface area contributed by atoms with E-state index >= 15 is 0 Å². The third-order valence-corrected chi connectivity index (χ3v) is 5.93. The summed E-state index contributed by atoms with van der Waals surface area (Å²) in [4.78, 5) is 20.0. The molecule has 4 rings (SSSR count). The van der Waals surface area contributed by atoms with Crippen molar-refractivity contribution in [3.63, 3.8) is 0 Å². The molecule has 2 aliphatic heterocycles. The number of amides is 2. The number of nitrogens with one attached hydrogen (secondary N) is 2. The largest absolute Gasteiger partial charge is 0.361 e. The van der Waals surface area contributed by atoms with E-state index in [1.807, 2.05) is 31.9 Å². The number of hydrogen-bond acceptors (Lipinski definition) is 2. The Balaban J connectivity index is 1.38. The summed E-state index contributed by atoms with van der Waals surface area (Å²) >= 11 is 0. The summed E-state index contributed by atoms with van der Waals surface area (Å²) in [6.45, 7) is 9.92. The Morgan fingerprint density at radius 3 is 2.72 bits per heavy atom. The number of hydrogen-bond donors (Lipinski definition) is 2. The molecule has 3 heterocycles. The lowest BCUT2D eigenvalue weighted by Crippen LogP contribution is -2.58. The molecule has 2 aliphatic rings. The topological polar surface area (TPSA) is 65.5 Å². The van der Waals surface area contributed by atoms with Gasteiger partial charge in [-0.3, -0.25) is 4.90 Å². The molecule has 0 spiro atoms. The molecule has 7 heteroatoms. The molecular weight excluding hydrogens is 369 g/mol. The second-order valence-electron chi connectivity index (χ2n) is 9.25. The van der Waals surface area contributed by atoms with Gasteiger partial charge in [0.25, 0.3) is 0 Å². The number of piperidine rings is 1. The summed E-state index contributed by atoms with van der Waals surface area (Å²) in [7, 11) is 0. The van der Waals surface area contributed by atoms with Gasteiger partial charge in [0.15, 0.2) is 0 Å². The van der Waals surface area contributed by atoms with Gasteiger partial charge in [-0.05, 0) is 63.3 Å². The molecule has 1 aromatic carbocycles. The third-order valence-electron chi connectivity index (χ3n) is 5.93. The highest BCUT2D eigenvalue weighted by molar-refractivity contribution is 5.83. The second kappa shape index (κ2) is 7.95. The van der Waals surface area contributed by atoms with Crippen molar-refractivity contribution in [2.24, 2.45) is 0 Å². The minimum atomic E-state index is -0.223. The minimum absolute atomic E-state index is 0.0106. The van der Waals surface area contributed by atoms with Gasteiger partial charge in [-0.25, -0.2) is 14.5 Å². The highest BCUT2D eigenvalue weighted by Gasteiger charge is 2.32. The first-order chi connectivity index (χ1) is 13.8. The summed E-state index contributed by atoms with van der Waals surface area (Å²) in [5, 5.41) is 8.89. The van der Waals surface area contributed by atoms with Crippen molar-refractivity contribution in [2.45, 2.75) is 51.2 Å². The van der Waals surface area contributed by atoms with Crippen LogP contribution in [-0.2, 0) is 0 Å². The highest BCUT2D eigenvalue weighted by atomic mass is 19.1. The monoisotopic (exact) mass is 400 g/mol. The summed E-state index contributed by atoms with van der Waals surface area (Å²) < 4.78 is 13.8. The van der Waals surface area contributed by atoms with Crippen LogP contribution in [0.15, 0.2) is 24.4 Å². The van der Waals surface area contributed by atoms with Crippen LogP contribution in [0.2, 0.25) is 0 Å². The van der Waals surface area contributed by atoms with Crippen LogP contribution in [0, 0.1) is 5.82 Å². The molecule has 2 fully saturated rings. The van der Waals surface area contributed by atoms with Crippen molar-refractivity contribution >= 4 is 16.9 Å². The lowest BCUT2D eigenvalue weighted by atomic mass is 9.88. The second-order valence-corrected chi connectivity index (χ2v) is 9.25. The number of carbonyl (C=O) groups is 1. The van der Waals surface area contributed by atoms with Gasteiger partial charge in [-0.2, -0.15) is 0 Å². The normalized spacial score (nSPS) is 24.1. The van der Waals surface area contributed by atoms with Crippen molar-refractivity contribution in [2.75, 3.05) is 32.7 Å². The van der Waals surface area contributed by atoms with Crippen LogP contribution >= 0.6 is 0 Å². The molecule has 0 bridgehead atoms. The molecule has 6 nitrogen and oxygen atoms in total. The maximum absolute atomic E-state index is 13.8. The van der Waals surface area contributed by atoms with E-state index in [1.54, 1.807) is 12.1 Å². The summed E-state index contributed by atoms with van der Waals surface area (Å²) in [6.07, 6.45) is 4.14. The first-order valence-electron chi connectivity index (χ1n) is 10.5. The van der Waals surface area contributed by atoms with Gasteiger partial charge < -0.3 is 15.2 Å². The number of carbonyl (C=O) groups excluding carboxylic acids is 1.